The summed E-state index contributed by atoms with van der Waals surface area (Å²) in [5.74, 6) is 0. The number of fused-ring (bicyclic) bond motifs is 6. The van der Waals surface area contributed by atoms with Crippen molar-refractivity contribution in [3.8, 4) is 50.2 Å². The zero-order chi connectivity index (χ0) is 50.4. The minimum Gasteiger partial charge on any atom is -0.355 e. The summed E-state index contributed by atoms with van der Waals surface area (Å²) in [7, 11) is 0. The quantitative estimate of drug-likeness (QED) is 0.139. The molecule has 1 aromatic heterocycles. The lowest BCUT2D eigenvalue weighted by molar-refractivity contribution is 0.768. The number of para-hydroxylation sites is 3. The first-order valence-electron chi connectivity index (χ1n) is 26.2. The maximum Gasteiger partial charge on any atom is 0.0713 e. The van der Waals surface area contributed by atoms with Crippen molar-refractivity contribution in [1.29, 1.82) is 0 Å². The summed E-state index contributed by atoms with van der Waals surface area (Å²) in [5.41, 5.74) is 23.0. The number of hydrogen-bond donors (Lipinski definition) is 1. The fourth-order valence-corrected chi connectivity index (χ4v) is 12.0. The number of aromatic nitrogens is 1. The van der Waals surface area contributed by atoms with Crippen LogP contribution >= 0.6 is 0 Å². The van der Waals surface area contributed by atoms with Gasteiger partial charge < -0.3 is 14.8 Å². The van der Waals surface area contributed by atoms with Crippen LogP contribution in [0.25, 0.3) is 72.0 Å². The fourth-order valence-electron chi connectivity index (χ4n) is 12.0. The molecule has 0 radical (unpaired) electrons. The molecule has 0 bridgehead atoms. The summed E-state index contributed by atoms with van der Waals surface area (Å²) in [4.78, 5) is 2.38. The Bertz CT molecular complexity index is 4130. The lowest BCUT2D eigenvalue weighted by Crippen LogP contribution is -2.28. The predicted octanol–water partition coefficient (Wildman–Crippen LogP) is 19.4. The molecule has 0 fully saturated rings. The SMILES string of the molecule is c1ccc(-c2ccccc2Nc2cccc(-c3ccc(N(c4ccc(-c5cccc(-n6c7ccccc7c7ccccc76)c5)cc4)c4ccc(C5(c6ccccc6)c6ccccc6-c6ccccc65)cc4)cc3)c2)cc1. The molecule has 1 aliphatic rings. The van der Waals surface area contributed by atoms with Crippen molar-refractivity contribution in [2.75, 3.05) is 10.2 Å². The molecule has 3 heteroatoms. The van der Waals surface area contributed by atoms with Gasteiger partial charge in [0.15, 0.2) is 0 Å². The Balaban J connectivity index is 0.847. The van der Waals surface area contributed by atoms with Crippen molar-refractivity contribution in [2.45, 2.75) is 5.41 Å². The Morgan fingerprint density at radius 2 is 0.750 bits per heavy atom. The Morgan fingerprint density at radius 3 is 1.36 bits per heavy atom. The molecule has 1 N–H and O–H groups in total. The van der Waals surface area contributed by atoms with Crippen LogP contribution in [0, 0.1) is 0 Å². The van der Waals surface area contributed by atoms with Gasteiger partial charge in [-0.15, -0.1) is 0 Å². The van der Waals surface area contributed by atoms with E-state index in [9.17, 15) is 0 Å². The number of nitrogens with one attached hydrogen (secondary N) is 1. The molecule has 0 aliphatic heterocycles. The van der Waals surface area contributed by atoms with Gasteiger partial charge in [-0.05, 0) is 140 Å². The molecule has 13 aromatic rings. The second-order valence-electron chi connectivity index (χ2n) is 19.7. The van der Waals surface area contributed by atoms with Gasteiger partial charge in [0.1, 0.15) is 0 Å². The molecule has 0 saturated heterocycles. The smallest absolute Gasteiger partial charge is 0.0713 e. The Labute approximate surface area is 443 Å². The normalized spacial score (nSPS) is 12.3. The van der Waals surface area contributed by atoms with Crippen molar-refractivity contribution in [1.82, 2.24) is 4.57 Å². The highest BCUT2D eigenvalue weighted by atomic mass is 15.1. The van der Waals surface area contributed by atoms with E-state index in [-0.39, 0.29) is 0 Å². The molecule has 0 atom stereocenters. The highest BCUT2D eigenvalue weighted by molar-refractivity contribution is 6.09. The van der Waals surface area contributed by atoms with E-state index in [2.05, 4.69) is 318 Å². The van der Waals surface area contributed by atoms with Crippen molar-refractivity contribution in [2.24, 2.45) is 0 Å². The predicted molar refractivity (Wildman–Crippen MR) is 319 cm³/mol. The maximum absolute atomic E-state index is 3.73. The third-order valence-corrected chi connectivity index (χ3v) is 15.5. The van der Waals surface area contributed by atoms with Crippen molar-refractivity contribution >= 4 is 50.2 Å². The summed E-state index contributed by atoms with van der Waals surface area (Å²) in [6.07, 6.45) is 0. The van der Waals surface area contributed by atoms with Crippen molar-refractivity contribution < 1.29 is 0 Å². The number of hydrogen-bond acceptors (Lipinski definition) is 2. The van der Waals surface area contributed by atoms with Crippen LogP contribution in [0.4, 0.5) is 28.4 Å². The third kappa shape index (κ3) is 7.60. The first-order valence-corrected chi connectivity index (χ1v) is 26.2. The summed E-state index contributed by atoms with van der Waals surface area (Å²) < 4.78 is 2.39. The average Bonchev–Trinajstić information content (AvgIpc) is 4.11. The Hall–Kier alpha value is -9.96. The molecular formula is C73H51N3. The van der Waals surface area contributed by atoms with E-state index in [1.807, 2.05) is 0 Å². The highest BCUT2D eigenvalue weighted by Gasteiger charge is 2.45. The first-order chi connectivity index (χ1) is 37.7. The molecular weight excluding hydrogens is 919 g/mol. The Kier molecular flexibility index (Phi) is 11.1. The third-order valence-electron chi connectivity index (χ3n) is 15.5. The molecule has 1 aliphatic carbocycles. The zero-order valence-electron chi connectivity index (χ0n) is 41.8. The van der Waals surface area contributed by atoms with E-state index in [1.54, 1.807) is 0 Å². The van der Waals surface area contributed by atoms with Crippen LogP contribution in [0.2, 0.25) is 0 Å². The van der Waals surface area contributed by atoms with Crippen molar-refractivity contribution in [3.05, 3.63) is 326 Å². The van der Waals surface area contributed by atoms with E-state index >= 15 is 0 Å². The average molecular weight is 970 g/mol. The summed E-state index contributed by atoms with van der Waals surface area (Å²) in [6.45, 7) is 0. The van der Waals surface area contributed by atoms with Crippen LogP contribution in [-0.4, -0.2) is 4.57 Å². The molecule has 358 valence electrons. The second kappa shape index (κ2) is 18.8. The van der Waals surface area contributed by atoms with Crippen LogP contribution in [0.15, 0.2) is 303 Å². The summed E-state index contributed by atoms with van der Waals surface area (Å²) in [5, 5.41) is 6.25. The molecule has 0 spiro atoms. The van der Waals surface area contributed by atoms with Gasteiger partial charge in [-0.2, -0.15) is 0 Å². The molecule has 1 heterocycles. The molecule has 14 rings (SSSR count). The van der Waals surface area contributed by atoms with Crippen molar-refractivity contribution in [3.63, 3.8) is 0 Å². The molecule has 0 unspecified atom stereocenters. The Morgan fingerprint density at radius 1 is 0.303 bits per heavy atom. The highest BCUT2D eigenvalue weighted by Crippen LogP contribution is 2.56. The van der Waals surface area contributed by atoms with Gasteiger partial charge >= 0.3 is 0 Å². The molecule has 3 nitrogen and oxygen atoms in total. The molecule has 76 heavy (non-hydrogen) atoms. The van der Waals surface area contributed by atoms with E-state index < -0.39 is 5.41 Å². The minimum absolute atomic E-state index is 0.484. The first kappa shape index (κ1) is 44.7. The van der Waals surface area contributed by atoms with Gasteiger partial charge in [-0.3, -0.25) is 0 Å². The standard InChI is InChI=1S/C73H51N3/c1-3-19-53(20-4-1)63-27-9-14-34-70(63)74-58-25-17-21-54(49-58)51-37-43-59(44-38-51)75(60-45-39-52(40-46-60)55-22-18-26-62(50-55)76-71-35-15-10-30-66(71)67-31-11-16-36-72(67)76)61-47-41-57(42-48-61)73(56-23-5-2-6-24-56)68-32-12-7-28-64(68)65-29-8-13-33-69(65)73/h1-50,74H. The molecule has 12 aromatic carbocycles. The van der Waals surface area contributed by atoms with Crippen LogP contribution < -0.4 is 10.2 Å². The number of rotatable bonds is 11. The minimum atomic E-state index is -0.484. The van der Waals surface area contributed by atoms with Crippen LogP contribution in [0.5, 0.6) is 0 Å². The van der Waals surface area contributed by atoms with Crippen LogP contribution in [0.1, 0.15) is 22.3 Å². The van der Waals surface area contributed by atoms with E-state index in [0.29, 0.717) is 0 Å². The number of anilines is 5. The zero-order valence-corrected chi connectivity index (χ0v) is 41.8. The topological polar surface area (TPSA) is 20.2 Å². The summed E-state index contributed by atoms with van der Waals surface area (Å²) >= 11 is 0. The van der Waals surface area contributed by atoms with Gasteiger partial charge in [0.25, 0.3) is 0 Å². The van der Waals surface area contributed by atoms with Gasteiger partial charge in [0.05, 0.1) is 16.4 Å². The van der Waals surface area contributed by atoms with E-state index in [4.69, 9.17) is 0 Å². The van der Waals surface area contributed by atoms with Crippen LogP contribution in [-0.2, 0) is 5.41 Å². The van der Waals surface area contributed by atoms with Gasteiger partial charge in [-0.1, -0.05) is 224 Å². The number of benzene rings is 12. The monoisotopic (exact) mass is 969 g/mol. The van der Waals surface area contributed by atoms with E-state index in [0.717, 1.165) is 56.4 Å². The maximum atomic E-state index is 3.73. The lowest BCUT2D eigenvalue weighted by Gasteiger charge is -2.34. The van der Waals surface area contributed by atoms with Crippen LogP contribution in [0.3, 0.4) is 0 Å². The fraction of sp³-hybridized carbons (Fsp3) is 0.0137. The largest absolute Gasteiger partial charge is 0.355 e. The van der Waals surface area contributed by atoms with Gasteiger partial charge in [0.2, 0.25) is 0 Å². The lowest BCUT2D eigenvalue weighted by atomic mass is 9.68. The van der Waals surface area contributed by atoms with Gasteiger partial charge in [0, 0.05) is 50.5 Å². The van der Waals surface area contributed by atoms with Gasteiger partial charge in [-0.25, -0.2) is 0 Å². The summed E-state index contributed by atoms with van der Waals surface area (Å²) in [6, 6.07) is 110. The van der Waals surface area contributed by atoms with E-state index in [1.165, 1.54) is 66.3 Å². The molecule has 0 saturated carbocycles. The second-order valence-corrected chi connectivity index (χ2v) is 19.7. The molecule has 0 amide bonds. The number of nitrogens with zero attached hydrogens (tertiary/aromatic N) is 2.